The molecule has 0 atom stereocenters. The largest absolute Gasteiger partial charge is 0.372 e. The molecule has 0 N–H and O–H groups in total. The summed E-state index contributed by atoms with van der Waals surface area (Å²) in [5.74, 6) is 0.215. The van der Waals surface area contributed by atoms with Crippen molar-refractivity contribution in [3.8, 4) is 0 Å². The molecule has 2 aliphatic rings. The fraction of sp³-hybridized carbons (Fsp3) is 0.667. The molecule has 124 valence electrons. The Balaban J connectivity index is 0.00000116. The number of aliphatic imine (C=N–C) groups is 1. The Hall–Kier alpha value is -1.58. The number of carbonyl (C=O) groups excluding carboxylic acids is 1. The summed E-state index contributed by atoms with van der Waals surface area (Å²) < 4.78 is 0. The van der Waals surface area contributed by atoms with Gasteiger partial charge < -0.3 is 9.80 Å². The Morgan fingerprint density at radius 3 is 1.91 bits per heavy atom. The van der Waals surface area contributed by atoms with Crippen LogP contribution in [0.4, 0.5) is 0 Å². The number of hydrogen-bond donors (Lipinski definition) is 0. The second kappa shape index (κ2) is 8.76. The predicted molar refractivity (Wildman–Crippen MR) is 93.9 cm³/mol. The molecule has 0 unspecified atom stereocenters. The molecule has 0 bridgehead atoms. The van der Waals surface area contributed by atoms with Gasteiger partial charge in [-0.15, -0.1) is 0 Å². The number of likely N-dealkylation sites (tertiary alicyclic amines) is 2. The minimum Gasteiger partial charge on any atom is -0.372 e. The Morgan fingerprint density at radius 1 is 1.05 bits per heavy atom. The summed E-state index contributed by atoms with van der Waals surface area (Å²) in [7, 11) is 0. The molecule has 1 spiro atoms. The van der Waals surface area contributed by atoms with Crippen LogP contribution < -0.4 is 0 Å². The van der Waals surface area contributed by atoms with Gasteiger partial charge in [-0.25, -0.2) is 0 Å². The maximum absolute atomic E-state index is 11.4. The molecule has 0 aliphatic carbocycles. The molecule has 22 heavy (non-hydrogen) atoms. The Morgan fingerprint density at radius 2 is 1.50 bits per heavy atom. The highest BCUT2D eigenvalue weighted by Gasteiger charge is 2.37. The van der Waals surface area contributed by atoms with Crippen LogP contribution in [-0.2, 0) is 4.79 Å². The zero-order chi connectivity index (χ0) is 16.6. The van der Waals surface area contributed by atoms with E-state index in [1.54, 1.807) is 13.1 Å². The highest BCUT2D eigenvalue weighted by molar-refractivity contribution is 5.73. The van der Waals surface area contributed by atoms with E-state index in [0.717, 1.165) is 44.7 Å². The molecule has 2 heterocycles. The van der Waals surface area contributed by atoms with Crippen LogP contribution in [0.5, 0.6) is 0 Å². The van der Waals surface area contributed by atoms with E-state index in [1.165, 1.54) is 12.8 Å². The summed E-state index contributed by atoms with van der Waals surface area (Å²) in [6.07, 6.45) is 8.32. The second-order valence-corrected chi connectivity index (χ2v) is 5.98. The number of amides is 1. The summed E-state index contributed by atoms with van der Waals surface area (Å²) in [6.45, 7) is 17.2. The number of carbonyl (C=O) groups is 1. The van der Waals surface area contributed by atoms with Crippen LogP contribution in [0, 0.1) is 5.41 Å². The molecular weight excluding hydrogens is 274 g/mol. The van der Waals surface area contributed by atoms with E-state index < -0.39 is 0 Å². The van der Waals surface area contributed by atoms with Crippen molar-refractivity contribution in [1.82, 2.24) is 9.80 Å². The first kappa shape index (κ1) is 18.5. The Bertz CT molecular complexity index is 410. The van der Waals surface area contributed by atoms with Crippen LogP contribution in [0.15, 0.2) is 29.5 Å². The van der Waals surface area contributed by atoms with Crippen molar-refractivity contribution in [1.29, 1.82) is 0 Å². The summed E-state index contributed by atoms with van der Waals surface area (Å²) in [6, 6.07) is 0. The molecule has 4 nitrogen and oxygen atoms in total. The lowest BCUT2D eigenvalue weighted by Crippen LogP contribution is -2.47. The van der Waals surface area contributed by atoms with Crippen LogP contribution >= 0.6 is 0 Å². The van der Waals surface area contributed by atoms with Crippen molar-refractivity contribution in [2.75, 3.05) is 26.2 Å². The summed E-state index contributed by atoms with van der Waals surface area (Å²) in [5, 5.41) is 0. The average Bonchev–Trinajstić information content (AvgIpc) is 2.55. The standard InChI is InChI=1S/C16H25N3O.C2H6/c1-14(4-9-17-3)18-10-5-16(6-11-18)7-12-19(13-8-16)15(2)20;1-2/h4,9H,1,3,5-8,10-13H2,2H3;1-2H3/b9-4-;. The van der Waals surface area contributed by atoms with Crippen molar-refractivity contribution in [3.63, 3.8) is 0 Å². The SMILES string of the molecule is C=N/C=C\C(=C)N1CCC2(CC1)CCN(C(C)=O)CC2.CC. The van der Waals surface area contributed by atoms with Crippen LogP contribution in [0.2, 0.25) is 0 Å². The number of nitrogens with zero attached hydrogens (tertiary/aromatic N) is 3. The zero-order valence-electron chi connectivity index (χ0n) is 14.5. The van der Waals surface area contributed by atoms with Crippen LogP contribution in [0.3, 0.4) is 0 Å². The number of allylic oxidation sites excluding steroid dienone is 1. The third-order valence-electron chi connectivity index (χ3n) is 4.87. The Labute approximate surface area is 135 Å². The Kier molecular flexibility index (Phi) is 7.36. The molecule has 2 fully saturated rings. The van der Waals surface area contributed by atoms with Gasteiger partial charge in [-0.1, -0.05) is 20.4 Å². The zero-order valence-corrected chi connectivity index (χ0v) is 14.5. The van der Waals surface area contributed by atoms with Crippen molar-refractivity contribution in [3.05, 3.63) is 24.6 Å². The molecule has 4 heteroatoms. The minimum atomic E-state index is 0.215. The van der Waals surface area contributed by atoms with E-state index in [9.17, 15) is 4.79 Å². The predicted octanol–water partition coefficient (Wildman–Crippen LogP) is 3.47. The van der Waals surface area contributed by atoms with Gasteiger partial charge in [0.1, 0.15) is 0 Å². The van der Waals surface area contributed by atoms with Gasteiger partial charge in [-0.3, -0.25) is 9.79 Å². The summed E-state index contributed by atoms with van der Waals surface area (Å²) in [5.41, 5.74) is 1.47. The van der Waals surface area contributed by atoms with E-state index in [2.05, 4.69) is 23.2 Å². The second-order valence-electron chi connectivity index (χ2n) is 5.98. The molecule has 2 saturated heterocycles. The highest BCUT2D eigenvalue weighted by Crippen LogP contribution is 2.41. The molecular formula is C18H31N3O. The van der Waals surface area contributed by atoms with Crippen LogP contribution in [0.1, 0.15) is 46.5 Å². The van der Waals surface area contributed by atoms with Crippen molar-refractivity contribution in [2.45, 2.75) is 46.5 Å². The van der Waals surface area contributed by atoms with Crippen molar-refractivity contribution in [2.24, 2.45) is 10.4 Å². The van der Waals surface area contributed by atoms with Gasteiger partial charge in [0.15, 0.2) is 0 Å². The quantitative estimate of drug-likeness (QED) is 0.591. The maximum atomic E-state index is 11.4. The van der Waals surface area contributed by atoms with E-state index in [4.69, 9.17) is 0 Å². The molecule has 0 aromatic heterocycles. The topological polar surface area (TPSA) is 35.9 Å². The third kappa shape index (κ3) is 4.72. The monoisotopic (exact) mass is 305 g/mol. The van der Waals surface area contributed by atoms with Gasteiger partial charge in [-0.05, 0) is 43.9 Å². The van der Waals surface area contributed by atoms with Gasteiger partial charge in [0.2, 0.25) is 5.91 Å². The average molecular weight is 305 g/mol. The fourth-order valence-corrected chi connectivity index (χ4v) is 3.31. The molecule has 2 aliphatic heterocycles. The van der Waals surface area contributed by atoms with Gasteiger partial charge in [0.25, 0.3) is 0 Å². The highest BCUT2D eigenvalue weighted by atomic mass is 16.2. The molecule has 0 aromatic carbocycles. The fourth-order valence-electron chi connectivity index (χ4n) is 3.31. The minimum absolute atomic E-state index is 0.215. The lowest BCUT2D eigenvalue weighted by Gasteiger charge is -2.47. The number of hydrogen-bond acceptors (Lipinski definition) is 3. The lowest BCUT2D eigenvalue weighted by atomic mass is 9.71. The molecule has 1 amide bonds. The summed E-state index contributed by atoms with van der Waals surface area (Å²) >= 11 is 0. The smallest absolute Gasteiger partial charge is 0.219 e. The molecule has 2 rings (SSSR count). The maximum Gasteiger partial charge on any atom is 0.219 e. The van der Waals surface area contributed by atoms with E-state index >= 15 is 0 Å². The van der Waals surface area contributed by atoms with E-state index in [1.807, 2.05) is 24.8 Å². The van der Waals surface area contributed by atoms with Gasteiger partial charge in [0.05, 0.1) is 0 Å². The van der Waals surface area contributed by atoms with E-state index in [0.29, 0.717) is 5.41 Å². The molecule has 0 aromatic rings. The molecule has 0 saturated carbocycles. The molecule has 0 radical (unpaired) electrons. The van der Waals surface area contributed by atoms with Crippen molar-refractivity contribution < 1.29 is 4.79 Å². The van der Waals surface area contributed by atoms with Gasteiger partial charge in [-0.2, -0.15) is 0 Å². The first-order valence-electron chi connectivity index (χ1n) is 8.38. The third-order valence-corrected chi connectivity index (χ3v) is 4.87. The number of rotatable bonds is 3. The van der Waals surface area contributed by atoms with Crippen LogP contribution in [-0.4, -0.2) is 48.6 Å². The van der Waals surface area contributed by atoms with Crippen LogP contribution in [0.25, 0.3) is 0 Å². The van der Waals surface area contributed by atoms with Crippen molar-refractivity contribution >= 4 is 12.6 Å². The van der Waals surface area contributed by atoms with E-state index in [-0.39, 0.29) is 5.91 Å². The van der Waals surface area contributed by atoms with Gasteiger partial charge >= 0.3 is 0 Å². The van der Waals surface area contributed by atoms with Gasteiger partial charge in [0, 0.05) is 45.0 Å². The first-order valence-corrected chi connectivity index (χ1v) is 8.38. The first-order chi connectivity index (χ1) is 10.6. The normalized spacial score (nSPS) is 20.5. The lowest BCUT2D eigenvalue weighted by molar-refractivity contribution is -0.131. The summed E-state index contributed by atoms with van der Waals surface area (Å²) in [4.78, 5) is 19.4. The number of piperidine rings is 2.